The van der Waals surface area contributed by atoms with E-state index in [1.807, 2.05) is 0 Å². The molecule has 1 aromatic carbocycles. The summed E-state index contributed by atoms with van der Waals surface area (Å²) in [6.07, 6.45) is 2.13. The average molecular weight is 203 g/mol. The van der Waals surface area contributed by atoms with Gasteiger partial charge in [-0.3, -0.25) is 0 Å². The van der Waals surface area contributed by atoms with Gasteiger partial charge >= 0.3 is 0 Å². The molecule has 1 aromatic heterocycles. The summed E-state index contributed by atoms with van der Waals surface area (Å²) in [6, 6.07) is 10.6. The van der Waals surface area contributed by atoms with Crippen LogP contribution < -0.4 is 0 Å². The van der Waals surface area contributed by atoms with Crippen LogP contribution in [0.25, 0.3) is 10.9 Å². The normalized spacial score (nSPS) is 12.2. The number of benzene rings is 1. The largest absolute Gasteiger partial charge is 0.382 e. The quantitative estimate of drug-likeness (QED) is 0.748. The van der Waals surface area contributed by atoms with Crippen LogP contribution in [-0.2, 0) is 10.3 Å². The van der Waals surface area contributed by atoms with Gasteiger partial charge in [-0.2, -0.15) is 0 Å². The minimum atomic E-state index is -0.00213. The number of ether oxygens (including phenoxy) is 1. The van der Waals surface area contributed by atoms with Crippen molar-refractivity contribution >= 4 is 10.9 Å². The van der Waals surface area contributed by atoms with Gasteiger partial charge in [0.2, 0.25) is 0 Å². The molecule has 2 heteroatoms. The molecule has 0 saturated carbocycles. The second-order valence-electron chi connectivity index (χ2n) is 4.49. The van der Waals surface area contributed by atoms with Crippen LogP contribution in [0.4, 0.5) is 0 Å². The zero-order valence-electron chi connectivity index (χ0n) is 9.53. The first-order valence-electron chi connectivity index (χ1n) is 5.21. The Bertz CT molecular complexity index is 456. The van der Waals surface area contributed by atoms with Crippen molar-refractivity contribution in [3.8, 4) is 0 Å². The highest BCUT2D eigenvalue weighted by Gasteiger charge is 2.20. The van der Waals surface area contributed by atoms with E-state index in [1.165, 1.54) is 10.9 Å². The molecule has 0 aliphatic heterocycles. The van der Waals surface area contributed by atoms with Gasteiger partial charge in [-0.05, 0) is 31.4 Å². The third-order valence-electron chi connectivity index (χ3n) is 2.75. The molecule has 2 rings (SSSR count). The fraction of sp³-hybridized carbons (Fsp3) is 0.385. The Morgan fingerprint density at radius 3 is 2.67 bits per heavy atom. The maximum absolute atomic E-state index is 5.26. The van der Waals surface area contributed by atoms with Gasteiger partial charge < -0.3 is 9.30 Å². The van der Waals surface area contributed by atoms with Gasteiger partial charge in [0.25, 0.3) is 0 Å². The lowest BCUT2D eigenvalue weighted by molar-refractivity contribution is 0.112. The lowest BCUT2D eigenvalue weighted by Gasteiger charge is -2.27. The number of aromatic nitrogens is 1. The Morgan fingerprint density at radius 2 is 1.93 bits per heavy atom. The number of hydrogen-bond donors (Lipinski definition) is 0. The Morgan fingerprint density at radius 1 is 1.20 bits per heavy atom. The minimum Gasteiger partial charge on any atom is -0.382 e. The monoisotopic (exact) mass is 203 g/mol. The smallest absolute Gasteiger partial charge is 0.0692 e. The van der Waals surface area contributed by atoms with Crippen molar-refractivity contribution in [1.82, 2.24) is 4.57 Å². The van der Waals surface area contributed by atoms with Gasteiger partial charge in [0.05, 0.1) is 12.1 Å². The standard InChI is InChI=1S/C13H17NO/c1-13(2,10-15-3)14-9-8-11-6-4-5-7-12(11)14/h4-9H,10H2,1-3H3. The van der Waals surface area contributed by atoms with Gasteiger partial charge in [-0.15, -0.1) is 0 Å². The van der Waals surface area contributed by atoms with Crippen LogP contribution in [0.5, 0.6) is 0 Å². The number of methoxy groups -OCH3 is 1. The molecule has 2 nitrogen and oxygen atoms in total. The van der Waals surface area contributed by atoms with Crippen LogP contribution in [0.2, 0.25) is 0 Å². The number of fused-ring (bicyclic) bond motifs is 1. The second kappa shape index (κ2) is 3.70. The molecule has 1 heterocycles. The summed E-state index contributed by atoms with van der Waals surface area (Å²) in [5, 5.41) is 1.28. The van der Waals surface area contributed by atoms with Gasteiger partial charge in [0, 0.05) is 18.8 Å². The molecule has 0 atom stereocenters. The van der Waals surface area contributed by atoms with E-state index in [0.717, 1.165) is 0 Å². The van der Waals surface area contributed by atoms with Crippen molar-refractivity contribution in [3.63, 3.8) is 0 Å². The average Bonchev–Trinajstić information content (AvgIpc) is 2.61. The molecule has 2 aromatic rings. The number of rotatable bonds is 3. The van der Waals surface area contributed by atoms with E-state index >= 15 is 0 Å². The van der Waals surface area contributed by atoms with Crippen LogP contribution in [0.15, 0.2) is 36.5 Å². The van der Waals surface area contributed by atoms with Crippen LogP contribution in [0.1, 0.15) is 13.8 Å². The van der Waals surface area contributed by atoms with Crippen molar-refractivity contribution in [2.75, 3.05) is 13.7 Å². The van der Waals surface area contributed by atoms with Crippen LogP contribution in [0, 0.1) is 0 Å². The molecule has 0 bridgehead atoms. The lowest BCUT2D eigenvalue weighted by atomic mass is 10.1. The van der Waals surface area contributed by atoms with E-state index in [-0.39, 0.29) is 5.54 Å². The predicted molar refractivity (Wildman–Crippen MR) is 63.1 cm³/mol. The zero-order chi connectivity index (χ0) is 10.9. The number of hydrogen-bond acceptors (Lipinski definition) is 1. The minimum absolute atomic E-state index is 0.00213. The van der Waals surface area contributed by atoms with Crippen molar-refractivity contribution in [3.05, 3.63) is 36.5 Å². The van der Waals surface area contributed by atoms with E-state index in [2.05, 4.69) is 54.9 Å². The Labute approximate surface area is 90.5 Å². The number of nitrogens with zero attached hydrogens (tertiary/aromatic N) is 1. The van der Waals surface area contributed by atoms with E-state index < -0.39 is 0 Å². The van der Waals surface area contributed by atoms with Crippen LogP contribution >= 0.6 is 0 Å². The molecule has 0 fully saturated rings. The van der Waals surface area contributed by atoms with Crippen molar-refractivity contribution < 1.29 is 4.74 Å². The summed E-state index contributed by atoms with van der Waals surface area (Å²) in [5.74, 6) is 0. The third kappa shape index (κ3) is 1.77. The van der Waals surface area contributed by atoms with Gasteiger partial charge in [-0.1, -0.05) is 18.2 Å². The zero-order valence-corrected chi connectivity index (χ0v) is 9.53. The molecule has 0 aliphatic rings. The molecule has 0 saturated heterocycles. The highest BCUT2D eigenvalue weighted by Crippen LogP contribution is 2.24. The predicted octanol–water partition coefficient (Wildman–Crippen LogP) is 3.02. The Hall–Kier alpha value is -1.28. The molecule has 0 aliphatic carbocycles. The van der Waals surface area contributed by atoms with Crippen molar-refractivity contribution in [1.29, 1.82) is 0 Å². The summed E-state index contributed by atoms with van der Waals surface area (Å²) in [6.45, 7) is 5.08. The fourth-order valence-electron chi connectivity index (χ4n) is 2.03. The van der Waals surface area contributed by atoms with Gasteiger partial charge in [0.1, 0.15) is 0 Å². The molecule has 80 valence electrons. The highest BCUT2D eigenvalue weighted by molar-refractivity contribution is 5.80. The molecule has 15 heavy (non-hydrogen) atoms. The Balaban J connectivity index is 2.52. The topological polar surface area (TPSA) is 14.2 Å². The molecular weight excluding hydrogens is 186 g/mol. The first-order valence-corrected chi connectivity index (χ1v) is 5.21. The Kier molecular flexibility index (Phi) is 2.53. The first-order chi connectivity index (χ1) is 7.15. The van der Waals surface area contributed by atoms with E-state index in [0.29, 0.717) is 6.61 Å². The lowest BCUT2D eigenvalue weighted by Crippen LogP contribution is -2.30. The van der Waals surface area contributed by atoms with Gasteiger partial charge in [0.15, 0.2) is 0 Å². The first kappa shape index (κ1) is 10.2. The van der Waals surface area contributed by atoms with Gasteiger partial charge in [-0.25, -0.2) is 0 Å². The summed E-state index contributed by atoms with van der Waals surface area (Å²) in [4.78, 5) is 0. The molecule has 0 N–H and O–H groups in total. The molecule has 0 radical (unpaired) electrons. The summed E-state index contributed by atoms with van der Waals surface area (Å²) in [5.41, 5.74) is 1.26. The van der Waals surface area contributed by atoms with E-state index in [1.54, 1.807) is 7.11 Å². The SMILES string of the molecule is COCC(C)(C)n1ccc2ccccc21. The molecule has 0 spiro atoms. The summed E-state index contributed by atoms with van der Waals surface area (Å²) < 4.78 is 7.53. The number of para-hydroxylation sites is 1. The third-order valence-corrected chi connectivity index (χ3v) is 2.75. The molecular formula is C13H17NO. The van der Waals surface area contributed by atoms with Crippen LogP contribution in [0.3, 0.4) is 0 Å². The van der Waals surface area contributed by atoms with E-state index in [4.69, 9.17) is 4.74 Å². The fourth-order valence-corrected chi connectivity index (χ4v) is 2.03. The summed E-state index contributed by atoms with van der Waals surface area (Å²) in [7, 11) is 1.74. The van der Waals surface area contributed by atoms with Crippen molar-refractivity contribution in [2.45, 2.75) is 19.4 Å². The molecule has 0 unspecified atom stereocenters. The maximum atomic E-state index is 5.26. The van der Waals surface area contributed by atoms with Crippen molar-refractivity contribution in [2.24, 2.45) is 0 Å². The molecule has 0 amide bonds. The maximum Gasteiger partial charge on any atom is 0.0692 e. The summed E-state index contributed by atoms with van der Waals surface area (Å²) >= 11 is 0. The van der Waals surface area contributed by atoms with Crippen LogP contribution in [-0.4, -0.2) is 18.3 Å². The highest BCUT2D eigenvalue weighted by atomic mass is 16.5. The van der Waals surface area contributed by atoms with E-state index in [9.17, 15) is 0 Å². The second-order valence-corrected chi connectivity index (χ2v) is 4.49.